The molecule has 1 heterocycles. The highest BCUT2D eigenvalue weighted by Gasteiger charge is 2.58. The van der Waals surface area contributed by atoms with E-state index < -0.39 is 7.12 Å². The van der Waals surface area contributed by atoms with E-state index in [1.54, 1.807) is 6.20 Å². The Labute approximate surface area is 199 Å². The Morgan fingerprint density at radius 3 is 2.88 bits per heavy atom. The first-order chi connectivity index (χ1) is 15.8. The SMILES string of the molecule is Cc1cnc(NC(=O)CC[C@H]2CC(=O)[C@@]3(C)CCC4c5ccc(B(O)O)cc5CCC4C23)s1. The van der Waals surface area contributed by atoms with E-state index in [1.807, 2.05) is 19.1 Å². The van der Waals surface area contributed by atoms with Gasteiger partial charge in [-0.3, -0.25) is 9.59 Å². The van der Waals surface area contributed by atoms with Gasteiger partial charge in [0.25, 0.3) is 0 Å². The molecule has 2 saturated carbocycles. The summed E-state index contributed by atoms with van der Waals surface area (Å²) in [6, 6.07) is 5.83. The van der Waals surface area contributed by atoms with E-state index in [-0.39, 0.29) is 17.2 Å². The quantitative estimate of drug-likeness (QED) is 0.588. The van der Waals surface area contributed by atoms with Crippen molar-refractivity contribution in [3.8, 4) is 0 Å². The monoisotopic (exact) mass is 466 g/mol. The second kappa shape index (κ2) is 8.64. The van der Waals surface area contributed by atoms with Crippen LogP contribution in [-0.2, 0) is 16.0 Å². The molecule has 3 aliphatic rings. The van der Waals surface area contributed by atoms with Crippen LogP contribution in [0.4, 0.5) is 5.13 Å². The van der Waals surface area contributed by atoms with Crippen LogP contribution in [0.1, 0.15) is 67.4 Å². The Morgan fingerprint density at radius 2 is 2.15 bits per heavy atom. The fourth-order valence-electron chi connectivity index (χ4n) is 7.00. The molecular weight excluding hydrogens is 435 g/mol. The lowest BCUT2D eigenvalue weighted by atomic mass is 9.53. The van der Waals surface area contributed by atoms with Gasteiger partial charge in [-0.1, -0.05) is 25.1 Å². The van der Waals surface area contributed by atoms with Crippen LogP contribution in [0.25, 0.3) is 0 Å². The van der Waals surface area contributed by atoms with Crippen molar-refractivity contribution in [2.24, 2.45) is 23.2 Å². The molecule has 1 amide bonds. The second-order valence-corrected chi connectivity index (χ2v) is 11.6. The molecule has 0 radical (unpaired) electrons. The summed E-state index contributed by atoms with van der Waals surface area (Å²) in [7, 11) is -1.45. The van der Waals surface area contributed by atoms with Gasteiger partial charge in [0.2, 0.25) is 5.91 Å². The zero-order valence-electron chi connectivity index (χ0n) is 19.2. The average Bonchev–Trinajstić information content (AvgIpc) is 3.31. The number of carbonyl (C=O) groups is 2. The summed E-state index contributed by atoms with van der Waals surface area (Å²) in [6.45, 7) is 4.13. The molecule has 0 spiro atoms. The van der Waals surface area contributed by atoms with Crippen molar-refractivity contribution in [3.63, 3.8) is 0 Å². The Bertz CT molecular complexity index is 1090. The number of hydrogen-bond acceptors (Lipinski definition) is 6. The number of aromatic nitrogens is 1. The molecule has 33 heavy (non-hydrogen) atoms. The molecule has 5 rings (SSSR count). The first-order valence-electron chi connectivity index (χ1n) is 12.0. The highest BCUT2D eigenvalue weighted by molar-refractivity contribution is 7.15. The Hall–Kier alpha value is -2.03. The van der Waals surface area contributed by atoms with Crippen LogP contribution in [0.15, 0.2) is 24.4 Å². The first-order valence-corrected chi connectivity index (χ1v) is 12.8. The number of nitrogens with one attached hydrogen (secondary N) is 1. The Kier molecular flexibility index (Phi) is 5.96. The molecule has 1 aromatic carbocycles. The number of rotatable bonds is 5. The number of fused-ring (bicyclic) bond motifs is 5. The largest absolute Gasteiger partial charge is 0.488 e. The predicted octanol–water partition coefficient (Wildman–Crippen LogP) is 3.20. The molecular formula is C25H31BN2O4S. The number of aryl methyl sites for hydroxylation is 2. The smallest absolute Gasteiger partial charge is 0.423 e. The average molecular weight is 466 g/mol. The van der Waals surface area contributed by atoms with Crippen molar-refractivity contribution in [2.45, 2.75) is 64.7 Å². The third kappa shape index (κ3) is 4.06. The zero-order chi connectivity index (χ0) is 23.3. The van der Waals surface area contributed by atoms with Crippen molar-refractivity contribution in [3.05, 3.63) is 40.4 Å². The van der Waals surface area contributed by atoms with E-state index in [1.165, 1.54) is 22.5 Å². The van der Waals surface area contributed by atoms with Crippen LogP contribution in [0.2, 0.25) is 0 Å². The minimum Gasteiger partial charge on any atom is -0.423 e. The maximum atomic E-state index is 13.2. The molecule has 8 heteroatoms. The molecule has 174 valence electrons. The predicted molar refractivity (Wildman–Crippen MR) is 129 cm³/mol. The lowest BCUT2D eigenvalue weighted by Crippen LogP contribution is -2.44. The summed E-state index contributed by atoms with van der Waals surface area (Å²) in [5.41, 5.74) is 2.79. The van der Waals surface area contributed by atoms with E-state index in [4.69, 9.17) is 0 Å². The summed E-state index contributed by atoms with van der Waals surface area (Å²) in [5, 5.41) is 22.7. The van der Waals surface area contributed by atoms with Gasteiger partial charge in [0, 0.05) is 29.3 Å². The van der Waals surface area contributed by atoms with Gasteiger partial charge >= 0.3 is 7.12 Å². The Balaban J connectivity index is 1.33. The third-order valence-electron chi connectivity index (χ3n) is 8.50. The molecule has 2 aromatic rings. The number of hydrogen-bond donors (Lipinski definition) is 3. The number of carbonyl (C=O) groups excluding carboxylic acids is 2. The molecule has 0 aliphatic heterocycles. The lowest BCUT2D eigenvalue weighted by molar-refractivity contribution is -0.129. The van der Waals surface area contributed by atoms with Gasteiger partial charge in [-0.2, -0.15) is 0 Å². The lowest BCUT2D eigenvalue weighted by Gasteiger charge is -2.50. The standard InChI is InChI=1S/C25H31BN2O4S/c1-14-13-27-24(33-14)28-22(30)8-4-16-12-21(29)25(2)10-9-19-18-7-5-17(26(31)32)11-15(18)3-6-20(19)23(16)25/h5,7,11,13,16,19-20,23,31-32H,3-4,6,8-10,12H2,1-2H3,(H,27,28,30)/t16-,19?,20?,23?,25+/m0/s1. The molecule has 3 N–H and O–H groups in total. The summed E-state index contributed by atoms with van der Waals surface area (Å²) >= 11 is 1.47. The van der Waals surface area contributed by atoms with Crippen molar-refractivity contribution < 1.29 is 19.6 Å². The fourth-order valence-corrected chi connectivity index (χ4v) is 7.68. The topological polar surface area (TPSA) is 99.5 Å². The van der Waals surface area contributed by atoms with E-state index in [2.05, 4.69) is 23.3 Å². The van der Waals surface area contributed by atoms with Crippen molar-refractivity contribution in [2.75, 3.05) is 5.32 Å². The second-order valence-electron chi connectivity index (χ2n) is 10.4. The molecule has 3 aliphatic carbocycles. The van der Waals surface area contributed by atoms with E-state index in [9.17, 15) is 19.6 Å². The number of thiazole rings is 1. The fraction of sp³-hybridized carbons (Fsp3) is 0.560. The van der Waals surface area contributed by atoms with E-state index >= 15 is 0 Å². The highest BCUT2D eigenvalue weighted by atomic mass is 32.1. The molecule has 2 fully saturated rings. The number of amides is 1. The van der Waals surface area contributed by atoms with Crippen LogP contribution in [0.3, 0.4) is 0 Å². The number of Topliss-reactive ketones (excluding diaryl/α,β-unsaturated/α-hetero) is 1. The van der Waals surface area contributed by atoms with Gasteiger partial charge in [0.15, 0.2) is 5.13 Å². The molecule has 5 atom stereocenters. The van der Waals surface area contributed by atoms with Gasteiger partial charge in [0.05, 0.1) is 0 Å². The number of anilines is 1. The number of benzene rings is 1. The van der Waals surface area contributed by atoms with Gasteiger partial charge in [0.1, 0.15) is 5.78 Å². The highest BCUT2D eigenvalue weighted by Crippen LogP contribution is 2.62. The number of nitrogens with zero attached hydrogens (tertiary/aromatic N) is 1. The van der Waals surface area contributed by atoms with Crippen LogP contribution >= 0.6 is 11.3 Å². The molecule has 0 bridgehead atoms. The van der Waals surface area contributed by atoms with Crippen molar-refractivity contribution in [1.82, 2.24) is 4.98 Å². The van der Waals surface area contributed by atoms with Crippen LogP contribution in [-0.4, -0.2) is 33.8 Å². The van der Waals surface area contributed by atoms with Crippen molar-refractivity contribution in [1.29, 1.82) is 0 Å². The summed E-state index contributed by atoms with van der Waals surface area (Å²) < 4.78 is 0. The van der Waals surface area contributed by atoms with Gasteiger partial charge in [-0.15, -0.1) is 11.3 Å². The minimum atomic E-state index is -1.45. The molecule has 3 unspecified atom stereocenters. The minimum absolute atomic E-state index is 0.0261. The maximum absolute atomic E-state index is 13.2. The van der Waals surface area contributed by atoms with Crippen LogP contribution in [0.5, 0.6) is 0 Å². The van der Waals surface area contributed by atoms with Crippen LogP contribution < -0.4 is 10.8 Å². The van der Waals surface area contributed by atoms with Gasteiger partial charge in [-0.05, 0) is 79.3 Å². The summed E-state index contributed by atoms with van der Waals surface area (Å²) in [4.78, 5) is 31.0. The van der Waals surface area contributed by atoms with Crippen molar-refractivity contribution >= 4 is 40.7 Å². The number of ketones is 1. The van der Waals surface area contributed by atoms with E-state index in [0.717, 1.165) is 37.0 Å². The summed E-state index contributed by atoms with van der Waals surface area (Å²) in [6.07, 6.45) is 7.27. The summed E-state index contributed by atoms with van der Waals surface area (Å²) in [5.74, 6) is 1.71. The normalized spacial score (nSPS) is 30.4. The molecule has 6 nitrogen and oxygen atoms in total. The third-order valence-corrected chi connectivity index (χ3v) is 9.33. The van der Waals surface area contributed by atoms with E-state index in [0.29, 0.717) is 47.0 Å². The van der Waals surface area contributed by atoms with Gasteiger partial charge < -0.3 is 15.4 Å². The molecule has 1 aromatic heterocycles. The van der Waals surface area contributed by atoms with Crippen LogP contribution in [0, 0.1) is 30.1 Å². The molecule has 0 saturated heterocycles. The maximum Gasteiger partial charge on any atom is 0.488 e. The van der Waals surface area contributed by atoms with Gasteiger partial charge in [-0.25, -0.2) is 4.98 Å². The zero-order valence-corrected chi connectivity index (χ0v) is 20.0. The Morgan fingerprint density at radius 1 is 1.33 bits per heavy atom. The first kappa shape index (κ1) is 22.8.